The summed E-state index contributed by atoms with van der Waals surface area (Å²) < 4.78 is 5.24. The van der Waals surface area contributed by atoms with E-state index in [0.29, 0.717) is 30.5 Å². The molecule has 0 aliphatic rings. The van der Waals surface area contributed by atoms with Crippen molar-refractivity contribution < 1.29 is 9.32 Å². The Morgan fingerprint density at radius 3 is 2.54 bits per heavy atom. The topological polar surface area (TPSA) is 68.0 Å². The van der Waals surface area contributed by atoms with Crippen LogP contribution in [0.25, 0.3) is 11.4 Å². The fourth-order valence-corrected chi connectivity index (χ4v) is 2.40. The van der Waals surface area contributed by atoms with Gasteiger partial charge < -0.3 is 9.84 Å². The SMILES string of the molecule is Cc1ccc(-c2noc(CCC(=O)NC(C)CCC(C)C)n2)cc1. The lowest BCUT2D eigenvalue weighted by Crippen LogP contribution is -2.32. The van der Waals surface area contributed by atoms with Crippen molar-refractivity contribution in [2.75, 3.05) is 0 Å². The van der Waals surface area contributed by atoms with Crippen molar-refractivity contribution >= 4 is 5.91 Å². The van der Waals surface area contributed by atoms with Crippen molar-refractivity contribution in [2.24, 2.45) is 5.92 Å². The maximum absolute atomic E-state index is 12.0. The molecule has 2 rings (SSSR count). The molecule has 0 bridgehead atoms. The number of hydrogen-bond donors (Lipinski definition) is 1. The molecule has 2 aromatic rings. The van der Waals surface area contributed by atoms with Crippen LogP contribution in [0.4, 0.5) is 0 Å². The lowest BCUT2D eigenvalue weighted by molar-refractivity contribution is -0.121. The number of benzene rings is 1. The van der Waals surface area contributed by atoms with Crippen molar-refractivity contribution in [2.45, 2.75) is 59.4 Å². The van der Waals surface area contributed by atoms with E-state index in [9.17, 15) is 4.79 Å². The van der Waals surface area contributed by atoms with Crippen LogP contribution in [0.1, 0.15) is 51.5 Å². The predicted molar refractivity (Wildman–Crippen MR) is 94.5 cm³/mol. The number of rotatable bonds is 8. The fourth-order valence-electron chi connectivity index (χ4n) is 2.40. The largest absolute Gasteiger partial charge is 0.354 e. The van der Waals surface area contributed by atoms with Crippen LogP contribution in [0.5, 0.6) is 0 Å². The average Bonchev–Trinajstić information content (AvgIpc) is 3.00. The maximum atomic E-state index is 12.0. The Hall–Kier alpha value is -2.17. The second kappa shape index (κ2) is 8.62. The highest BCUT2D eigenvalue weighted by molar-refractivity contribution is 5.76. The van der Waals surface area contributed by atoms with E-state index in [1.165, 1.54) is 5.56 Å². The third kappa shape index (κ3) is 5.80. The quantitative estimate of drug-likeness (QED) is 0.797. The molecule has 1 heterocycles. The number of aromatic nitrogens is 2. The van der Waals surface area contributed by atoms with Gasteiger partial charge >= 0.3 is 0 Å². The Labute approximate surface area is 143 Å². The summed E-state index contributed by atoms with van der Waals surface area (Å²) in [5, 5.41) is 7.01. The van der Waals surface area contributed by atoms with Crippen molar-refractivity contribution in [1.82, 2.24) is 15.5 Å². The number of nitrogens with one attached hydrogen (secondary N) is 1. The van der Waals surface area contributed by atoms with Crippen LogP contribution in [-0.2, 0) is 11.2 Å². The van der Waals surface area contributed by atoms with Gasteiger partial charge in [-0.15, -0.1) is 0 Å². The summed E-state index contributed by atoms with van der Waals surface area (Å²) in [5.41, 5.74) is 2.10. The van der Waals surface area contributed by atoms with E-state index in [0.717, 1.165) is 18.4 Å². The number of amides is 1. The third-order valence-electron chi connectivity index (χ3n) is 3.93. The van der Waals surface area contributed by atoms with E-state index in [1.54, 1.807) is 0 Å². The Bertz CT molecular complexity index is 647. The maximum Gasteiger partial charge on any atom is 0.227 e. The van der Waals surface area contributed by atoms with Crippen LogP contribution in [0.2, 0.25) is 0 Å². The number of nitrogens with zero attached hydrogens (tertiary/aromatic N) is 2. The van der Waals surface area contributed by atoms with E-state index < -0.39 is 0 Å². The highest BCUT2D eigenvalue weighted by Gasteiger charge is 2.12. The minimum atomic E-state index is 0.0290. The first-order chi connectivity index (χ1) is 11.4. The van der Waals surface area contributed by atoms with Gasteiger partial charge in [0, 0.05) is 24.4 Å². The molecule has 0 saturated heterocycles. The molecule has 24 heavy (non-hydrogen) atoms. The van der Waals surface area contributed by atoms with Crippen LogP contribution >= 0.6 is 0 Å². The van der Waals surface area contributed by atoms with Crippen LogP contribution in [0.3, 0.4) is 0 Å². The Morgan fingerprint density at radius 2 is 1.88 bits per heavy atom. The minimum absolute atomic E-state index is 0.0290. The average molecular weight is 329 g/mol. The molecule has 0 aliphatic heterocycles. The Morgan fingerprint density at radius 1 is 1.17 bits per heavy atom. The van der Waals surface area contributed by atoms with Gasteiger partial charge in [0.05, 0.1) is 0 Å². The van der Waals surface area contributed by atoms with Gasteiger partial charge in [-0.25, -0.2) is 0 Å². The van der Waals surface area contributed by atoms with Gasteiger partial charge in [-0.05, 0) is 32.6 Å². The van der Waals surface area contributed by atoms with E-state index in [4.69, 9.17) is 4.52 Å². The Kier molecular flexibility index (Phi) is 6.53. The van der Waals surface area contributed by atoms with E-state index >= 15 is 0 Å². The van der Waals surface area contributed by atoms with Gasteiger partial charge in [0.1, 0.15) is 0 Å². The van der Waals surface area contributed by atoms with Gasteiger partial charge in [0.2, 0.25) is 17.6 Å². The molecule has 5 nitrogen and oxygen atoms in total. The summed E-state index contributed by atoms with van der Waals surface area (Å²) in [5.74, 6) is 1.75. The van der Waals surface area contributed by atoms with E-state index in [1.807, 2.05) is 38.1 Å². The zero-order chi connectivity index (χ0) is 17.5. The standard InChI is InChI=1S/C19H27N3O2/c1-13(2)5-8-15(4)20-17(23)11-12-18-21-19(22-24-18)16-9-6-14(3)7-10-16/h6-7,9-10,13,15H,5,8,11-12H2,1-4H3,(H,20,23). The fraction of sp³-hybridized carbons (Fsp3) is 0.526. The molecule has 1 aromatic heterocycles. The second-order valence-electron chi connectivity index (χ2n) is 6.82. The summed E-state index contributed by atoms with van der Waals surface area (Å²) in [7, 11) is 0. The first kappa shape index (κ1) is 18.2. The molecule has 1 aromatic carbocycles. The molecule has 0 aliphatic carbocycles. The van der Waals surface area contributed by atoms with Crippen LogP contribution < -0.4 is 5.32 Å². The monoisotopic (exact) mass is 329 g/mol. The van der Waals surface area contributed by atoms with Crippen molar-refractivity contribution in [3.8, 4) is 11.4 Å². The molecule has 1 atom stereocenters. The summed E-state index contributed by atoms with van der Waals surface area (Å²) >= 11 is 0. The molecule has 0 saturated carbocycles. The lowest BCUT2D eigenvalue weighted by Gasteiger charge is -2.14. The van der Waals surface area contributed by atoms with Crippen molar-refractivity contribution in [1.29, 1.82) is 0 Å². The summed E-state index contributed by atoms with van der Waals surface area (Å²) in [4.78, 5) is 16.3. The number of carbonyl (C=O) groups is 1. The van der Waals surface area contributed by atoms with Gasteiger partial charge in [-0.3, -0.25) is 4.79 Å². The van der Waals surface area contributed by atoms with Gasteiger partial charge in [0.15, 0.2) is 0 Å². The molecule has 0 fully saturated rings. The minimum Gasteiger partial charge on any atom is -0.354 e. The Balaban J connectivity index is 1.80. The van der Waals surface area contributed by atoms with Crippen LogP contribution in [-0.4, -0.2) is 22.1 Å². The smallest absolute Gasteiger partial charge is 0.227 e. The normalized spacial score (nSPS) is 12.4. The van der Waals surface area contributed by atoms with Crippen molar-refractivity contribution in [3.05, 3.63) is 35.7 Å². The molecule has 1 unspecified atom stereocenters. The lowest BCUT2D eigenvalue weighted by atomic mass is 10.0. The number of carbonyl (C=O) groups excluding carboxylic acids is 1. The highest BCUT2D eigenvalue weighted by Crippen LogP contribution is 2.16. The number of aryl methyl sites for hydroxylation is 2. The predicted octanol–water partition coefficient (Wildman–Crippen LogP) is 3.92. The molecule has 1 amide bonds. The van der Waals surface area contributed by atoms with Crippen LogP contribution in [0.15, 0.2) is 28.8 Å². The highest BCUT2D eigenvalue weighted by atomic mass is 16.5. The molecule has 5 heteroatoms. The van der Waals surface area contributed by atoms with Gasteiger partial charge in [-0.1, -0.05) is 48.8 Å². The first-order valence-corrected chi connectivity index (χ1v) is 8.63. The van der Waals surface area contributed by atoms with E-state index in [2.05, 4.69) is 29.3 Å². The van der Waals surface area contributed by atoms with Gasteiger partial charge in [0.25, 0.3) is 0 Å². The molecule has 0 radical (unpaired) electrons. The molecule has 1 N–H and O–H groups in total. The zero-order valence-electron chi connectivity index (χ0n) is 15.0. The molecular formula is C19H27N3O2. The summed E-state index contributed by atoms with van der Waals surface area (Å²) in [6.07, 6.45) is 2.94. The third-order valence-corrected chi connectivity index (χ3v) is 3.93. The molecular weight excluding hydrogens is 302 g/mol. The summed E-state index contributed by atoms with van der Waals surface area (Å²) in [6.45, 7) is 8.46. The van der Waals surface area contributed by atoms with E-state index in [-0.39, 0.29) is 11.9 Å². The molecule has 0 spiro atoms. The van der Waals surface area contributed by atoms with Crippen LogP contribution in [0, 0.1) is 12.8 Å². The van der Waals surface area contributed by atoms with Gasteiger partial charge in [-0.2, -0.15) is 4.98 Å². The first-order valence-electron chi connectivity index (χ1n) is 8.63. The zero-order valence-corrected chi connectivity index (χ0v) is 15.0. The van der Waals surface area contributed by atoms with Crippen molar-refractivity contribution in [3.63, 3.8) is 0 Å². The number of hydrogen-bond acceptors (Lipinski definition) is 4. The summed E-state index contributed by atoms with van der Waals surface area (Å²) in [6, 6.07) is 8.15. The molecule has 130 valence electrons. The second-order valence-corrected chi connectivity index (χ2v) is 6.82.